The molecule has 1 unspecified atom stereocenters. The number of anilines is 1. The van der Waals surface area contributed by atoms with E-state index in [0.717, 1.165) is 31.2 Å². The minimum absolute atomic E-state index is 0.718. The standard InChI is InChI=1S/C13H15N3S/c14-13-15-11-6-7-16(9-12(11)17-13)8-10-4-2-1-3-5-10/h1-5H,6-9H2,(H2,14,15)/p+1. The molecule has 0 amide bonds. The van der Waals surface area contributed by atoms with Crippen molar-refractivity contribution in [1.29, 1.82) is 0 Å². The van der Waals surface area contributed by atoms with E-state index in [0.29, 0.717) is 0 Å². The largest absolute Gasteiger partial charge is 0.375 e. The molecule has 0 bridgehead atoms. The Kier molecular flexibility index (Phi) is 2.82. The Morgan fingerprint density at radius 2 is 2.12 bits per heavy atom. The molecule has 1 aromatic carbocycles. The Balaban J connectivity index is 1.72. The van der Waals surface area contributed by atoms with E-state index in [2.05, 4.69) is 35.3 Å². The second kappa shape index (κ2) is 4.47. The zero-order valence-electron chi connectivity index (χ0n) is 9.65. The summed E-state index contributed by atoms with van der Waals surface area (Å²) in [6.07, 6.45) is 1.06. The Bertz CT molecular complexity index is 507. The summed E-state index contributed by atoms with van der Waals surface area (Å²) in [5.74, 6) is 0. The van der Waals surface area contributed by atoms with Gasteiger partial charge in [0.25, 0.3) is 0 Å². The van der Waals surface area contributed by atoms with Gasteiger partial charge in [-0.1, -0.05) is 41.7 Å². The second-order valence-electron chi connectivity index (χ2n) is 4.51. The van der Waals surface area contributed by atoms with Crippen LogP contribution in [0.4, 0.5) is 5.13 Å². The number of hydrogen-bond acceptors (Lipinski definition) is 3. The summed E-state index contributed by atoms with van der Waals surface area (Å²) in [5, 5.41) is 0.718. The van der Waals surface area contributed by atoms with E-state index in [4.69, 9.17) is 5.73 Å². The number of rotatable bonds is 2. The van der Waals surface area contributed by atoms with Crippen LogP contribution in [0.1, 0.15) is 16.1 Å². The number of quaternary nitrogens is 1. The van der Waals surface area contributed by atoms with Gasteiger partial charge in [-0.2, -0.15) is 0 Å². The molecule has 1 aromatic heterocycles. The van der Waals surface area contributed by atoms with Crippen molar-refractivity contribution in [3.8, 4) is 0 Å². The lowest BCUT2D eigenvalue weighted by Crippen LogP contribution is -3.10. The summed E-state index contributed by atoms with van der Waals surface area (Å²) < 4.78 is 0. The number of nitrogens with one attached hydrogen (secondary N) is 1. The molecule has 0 spiro atoms. The fourth-order valence-corrected chi connectivity index (χ4v) is 3.33. The highest BCUT2D eigenvalue weighted by atomic mass is 32.1. The third kappa shape index (κ3) is 2.33. The number of nitrogens with two attached hydrogens (primary N) is 1. The maximum Gasteiger partial charge on any atom is 0.180 e. The molecule has 0 fully saturated rings. The fourth-order valence-electron chi connectivity index (χ4n) is 2.38. The lowest BCUT2D eigenvalue weighted by molar-refractivity contribution is -0.929. The van der Waals surface area contributed by atoms with Gasteiger partial charge in [0.2, 0.25) is 0 Å². The SMILES string of the molecule is Nc1nc2c(s1)C[NH+](Cc1ccccc1)CC2. The van der Waals surface area contributed by atoms with Crippen LogP contribution in [0.2, 0.25) is 0 Å². The van der Waals surface area contributed by atoms with Gasteiger partial charge in [-0.25, -0.2) is 4.98 Å². The van der Waals surface area contributed by atoms with Crippen LogP contribution in [0.3, 0.4) is 0 Å². The number of benzene rings is 1. The molecule has 88 valence electrons. The topological polar surface area (TPSA) is 43.3 Å². The summed E-state index contributed by atoms with van der Waals surface area (Å²) >= 11 is 1.65. The fraction of sp³-hybridized carbons (Fsp3) is 0.308. The first-order valence-electron chi connectivity index (χ1n) is 5.93. The Labute approximate surface area is 105 Å². The highest BCUT2D eigenvalue weighted by Gasteiger charge is 2.22. The number of thiazole rings is 1. The van der Waals surface area contributed by atoms with Crippen molar-refractivity contribution < 1.29 is 4.90 Å². The first kappa shape index (κ1) is 10.7. The molecule has 1 atom stereocenters. The normalized spacial score (nSPS) is 18.9. The molecule has 2 heterocycles. The van der Waals surface area contributed by atoms with Crippen molar-refractivity contribution >= 4 is 16.5 Å². The smallest absolute Gasteiger partial charge is 0.180 e. The molecule has 1 aliphatic rings. The highest BCUT2D eigenvalue weighted by molar-refractivity contribution is 7.15. The molecule has 0 saturated carbocycles. The first-order chi connectivity index (χ1) is 8.31. The lowest BCUT2D eigenvalue weighted by Gasteiger charge is -2.22. The van der Waals surface area contributed by atoms with Crippen molar-refractivity contribution in [1.82, 2.24) is 4.98 Å². The zero-order valence-corrected chi connectivity index (χ0v) is 10.5. The van der Waals surface area contributed by atoms with Gasteiger partial charge in [-0.05, 0) is 0 Å². The first-order valence-corrected chi connectivity index (χ1v) is 6.74. The summed E-state index contributed by atoms with van der Waals surface area (Å²) in [7, 11) is 0. The summed E-state index contributed by atoms with van der Waals surface area (Å²) in [5.41, 5.74) is 8.39. The minimum Gasteiger partial charge on any atom is -0.375 e. The van der Waals surface area contributed by atoms with E-state index in [-0.39, 0.29) is 0 Å². The minimum atomic E-state index is 0.718. The van der Waals surface area contributed by atoms with Crippen LogP contribution in [0.15, 0.2) is 30.3 Å². The Hall–Kier alpha value is -1.39. The van der Waals surface area contributed by atoms with Crippen molar-refractivity contribution in [3.63, 3.8) is 0 Å². The molecule has 3 N–H and O–H groups in total. The Morgan fingerprint density at radius 1 is 1.29 bits per heavy atom. The lowest BCUT2D eigenvalue weighted by atomic mass is 10.1. The average molecular weight is 246 g/mol. The maximum atomic E-state index is 5.75. The number of nitrogens with zero attached hydrogens (tertiary/aromatic N) is 1. The summed E-state index contributed by atoms with van der Waals surface area (Å²) in [6.45, 7) is 3.32. The van der Waals surface area contributed by atoms with Crippen LogP contribution in [0.5, 0.6) is 0 Å². The van der Waals surface area contributed by atoms with Crippen LogP contribution in [-0.2, 0) is 19.5 Å². The molecular formula is C13H16N3S+. The van der Waals surface area contributed by atoms with Gasteiger partial charge in [0.05, 0.1) is 17.1 Å². The predicted molar refractivity (Wildman–Crippen MR) is 69.9 cm³/mol. The molecule has 1 aliphatic heterocycles. The average Bonchev–Trinajstić information content (AvgIpc) is 2.70. The van der Waals surface area contributed by atoms with Crippen molar-refractivity contribution in [2.45, 2.75) is 19.5 Å². The van der Waals surface area contributed by atoms with Gasteiger partial charge in [0.1, 0.15) is 13.1 Å². The molecule has 3 rings (SSSR count). The molecule has 3 nitrogen and oxygen atoms in total. The van der Waals surface area contributed by atoms with Crippen LogP contribution in [-0.4, -0.2) is 11.5 Å². The van der Waals surface area contributed by atoms with Gasteiger partial charge >= 0.3 is 0 Å². The van der Waals surface area contributed by atoms with E-state index in [9.17, 15) is 0 Å². The molecular weight excluding hydrogens is 230 g/mol. The van der Waals surface area contributed by atoms with Crippen LogP contribution < -0.4 is 10.6 Å². The summed E-state index contributed by atoms with van der Waals surface area (Å²) in [6, 6.07) is 10.7. The van der Waals surface area contributed by atoms with Gasteiger partial charge in [0.15, 0.2) is 5.13 Å². The predicted octanol–water partition coefficient (Wildman–Crippen LogP) is 0.866. The Morgan fingerprint density at radius 3 is 2.94 bits per heavy atom. The van der Waals surface area contributed by atoms with Gasteiger partial charge < -0.3 is 10.6 Å². The van der Waals surface area contributed by atoms with Crippen molar-refractivity contribution in [3.05, 3.63) is 46.5 Å². The molecule has 0 aliphatic carbocycles. The van der Waals surface area contributed by atoms with Crippen molar-refractivity contribution in [2.24, 2.45) is 0 Å². The number of hydrogen-bond donors (Lipinski definition) is 2. The van der Waals surface area contributed by atoms with E-state index in [1.165, 1.54) is 16.1 Å². The summed E-state index contributed by atoms with van der Waals surface area (Å²) in [4.78, 5) is 7.35. The van der Waals surface area contributed by atoms with Crippen LogP contribution in [0, 0.1) is 0 Å². The van der Waals surface area contributed by atoms with Gasteiger partial charge in [0, 0.05) is 12.0 Å². The molecule has 17 heavy (non-hydrogen) atoms. The zero-order chi connectivity index (χ0) is 11.7. The van der Waals surface area contributed by atoms with Crippen molar-refractivity contribution in [2.75, 3.05) is 12.3 Å². The third-order valence-electron chi connectivity index (χ3n) is 3.22. The van der Waals surface area contributed by atoms with Gasteiger partial charge in [-0.15, -0.1) is 0 Å². The van der Waals surface area contributed by atoms with E-state index >= 15 is 0 Å². The number of fused-ring (bicyclic) bond motifs is 1. The third-order valence-corrected chi connectivity index (χ3v) is 4.14. The molecule has 4 heteroatoms. The number of aromatic nitrogens is 1. The van der Waals surface area contributed by atoms with E-state index in [1.54, 1.807) is 16.2 Å². The molecule has 0 radical (unpaired) electrons. The molecule has 2 aromatic rings. The monoisotopic (exact) mass is 246 g/mol. The van der Waals surface area contributed by atoms with Crippen LogP contribution in [0.25, 0.3) is 0 Å². The highest BCUT2D eigenvalue weighted by Crippen LogP contribution is 2.21. The molecule has 0 saturated heterocycles. The van der Waals surface area contributed by atoms with Gasteiger partial charge in [-0.3, -0.25) is 0 Å². The number of nitrogen functional groups attached to an aromatic ring is 1. The quantitative estimate of drug-likeness (QED) is 0.825. The van der Waals surface area contributed by atoms with Crippen LogP contribution >= 0.6 is 11.3 Å². The van der Waals surface area contributed by atoms with E-state index < -0.39 is 0 Å². The maximum absolute atomic E-state index is 5.75. The second-order valence-corrected chi connectivity index (χ2v) is 5.63. The van der Waals surface area contributed by atoms with E-state index in [1.807, 2.05) is 0 Å².